The molecule has 0 bridgehead atoms. The van der Waals surface area contributed by atoms with Crippen molar-refractivity contribution >= 4 is 33.1 Å². The first kappa shape index (κ1) is 13.9. The third kappa shape index (κ3) is 2.61. The molecule has 0 unspecified atom stereocenters. The van der Waals surface area contributed by atoms with E-state index in [-0.39, 0.29) is 6.04 Å². The Morgan fingerprint density at radius 3 is 2.63 bits per heavy atom. The van der Waals surface area contributed by atoms with Crippen molar-refractivity contribution in [1.82, 2.24) is 9.78 Å². The number of hydrogen-bond donors (Lipinski definition) is 2. The van der Waals surface area contributed by atoms with E-state index in [2.05, 4.69) is 47.1 Å². The largest absolute Gasteiger partial charge is 0.394 e. The lowest BCUT2D eigenvalue weighted by atomic mass is 10.2. The monoisotopic (exact) mass is 322 g/mol. The summed E-state index contributed by atoms with van der Waals surface area (Å²) in [6.07, 6.45) is 0. The molecule has 0 aliphatic carbocycles. The first-order chi connectivity index (χ1) is 8.91. The van der Waals surface area contributed by atoms with Crippen molar-refractivity contribution in [1.29, 1.82) is 0 Å². The molecule has 0 spiro atoms. The smallest absolute Gasteiger partial charge is 0.152 e. The Bertz CT molecular complexity index is 602. The molecule has 0 saturated heterocycles. The number of rotatable bonds is 3. The molecule has 2 rings (SSSR count). The van der Waals surface area contributed by atoms with Gasteiger partial charge in [0.15, 0.2) is 5.82 Å². The van der Waals surface area contributed by atoms with Crippen LogP contribution in [0.15, 0.2) is 22.7 Å². The molecular weight excluding hydrogens is 304 g/mol. The lowest BCUT2D eigenvalue weighted by molar-refractivity contribution is 0.536. The predicted octanol–water partition coefficient (Wildman–Crippen LogP) is 4.17. The Balaban J connectivity index is 2.46. The lowest BCUT2D eigenvalue weighted by Crippen LogP contribution is -2.08. The Kier molecular flexibility index (Phi) is 3.85. The zero-order valence-corrected chi connectivity index (χ0v) is 13.2. The van der Waals surface area contributed by atoms with Crippen molar-refractivity contribution in [3.8, 4) is 0 Å². The van der Waals surface area contributed by atoms with Crippen LogP contribution in [0.2, 0.25) is 0 Å². The molecule has 5 heteroatoms. The minimum absolute atomic E-state index is 0.256. The van der Waals surface area contributed by atoms with Crippen LogP contribution >= 0.6 is 15.9 Å². The van der Waals surface area contributed by atoms with E-state index >= 15 is 0 Å². The van der Waals surface area contributed by atoms with Gasteiger partial charge in [0.05, 0.1) is 11.4 Å². The van der Waals surface area contributed by atoms with Gasteiger partial charge in [-0.05, 0) is 45.4 Å². The van der Waals surface area contributed by atoms with E-state index in [0.717, 1.165) is 27.2 Å². The number of nitrogens with two attached hydrogens (primary N) is 1. The van der Waals surface area contributed by atoms with E-state index in [1.165, 1.54) is 0 Å². The van der Waals surface area contributed by atoms with E-state index in [1.807, 2.05) is 29.8 Å². The minimum atomic E-state index is 0.256. The van der Waals surface area contributed by atoms with Gasteiger partial charge in [0.2, 0.25) is 0 Å². The summed E-state index contributed by atoms with van der Waals surface area (Å²) in [6, 6.07) is 6.31. The summed E-state index contributed by atoms with van der Waals surface area (Å²) < 4.78 is 2.99. The molecule has 1 heterocycles. The predicted molar refractivity (Wildman–Crippen MR) is 83.9 cm³/mol. The molecule has 0 aliphatic rings. The van der Waals surface area contributed by atoms with Gasteiger partial charge in [-0.3, -0.25) is 0 Å². The Hall–Kier alpha value is -1.49. The molecule has 0 saturated carbocycles. The second kappa shape index (κ2) is 5.25. The van der Waals surface area contributed by atoms with Crippen molar-refractivity contribution < 1.29 is 0 Å². The number of nitrogen functional groups attached to an aromatic ring is 1. The summed E-state index contributed by atoms with van der Waals surface area (Å²) in [5.41, 5.74) is 9.85. The molecule has 0 atom stereocenters. The zero-order valence-electron chi connectivity index (χ0n) is 11.7. The van der Waals surface area contributed by atoms with Crippen LogP contribution in [-0.4, -0.2) is 9.78 Å². The van der Waals surface area contributed by atoms with Crippen LogP contribution in [0.25, 0.3) is 0 Å². The third-order valence-corrected chi connectivity index (χ3v) is 4.00. The number of anilines is 3. The number of benzene rings is 1. The SMILES string of the molecule is Cc1nn(C(C)C)c(Nc2cccc(Br)c2C)c1N. The second-order valence-electron chi connectivity index (χ2n) is 4.92. The number of nitrogens with one attached hydrogen (secondary N) is 1. The molecule has 1 aromatic carbocycles. The van der Waals surface area contributed by atoms with Crippen LogP contribution in [0.4, 0.5) is 17.2 Å². The summed E-state index contributed by atoms with van der Waals surface area (Å²) in [5.74, 6) is 0.855. The maximum atomic E-state index is 6.12. The molecule has 19 heavy (non-hydrogen) atoms. The quantitative estimate of drug-likeness (QED) is 0.891. The summed E-state index contributed by atoms with van der Waals surface area (Å²) in [5, 5.41) is 7.87. The van der Waals surface area contributed by atoms with Gasteiger partial charge in [-0.15, -0.1) is 0 Å². The van der Waals surface area contributed by atoms with Crippen LogP contribution in [0, 0.1) is 13.8 Å². The van der Waals surface area contributed by atoms with E-state index in [9.17, 15) is 0 Å². The number of halogens is 1. The number of nitrogens with zero attached hydrogens (tertiary/aromatic N) is 2. The number of aryl methyl sites for hydroxylation is 1. The van der Waals surface area contributed by atoms with E-state index in [1.54, 1.807) is 0 Å². The Labute approximate surface area is 122 Å². The summed E-state index contributed by atoms with van der Waals surface area (Å²) in [4.78, 5) is 0. The van der Waals surface area contributed by atoms with Gasteiger partial charge in [0.1, 0.15) is 0 Å². The van der Waals surface area contributed by atoms with Crippen LogP contribution in [0.3, 0.4) is 0 Å². The highest BCUT2D eigenvalue weighted by molar-refractivity contribution is 9.10. The number of aromatic nitrogens is 2. The molecule has 2 aromatic rings. The van der Waals surface area contributed by atoms with Gasteiger partial charge in [-0.1, -0.05) is 22.0 Å². The molecule has 0 fully saturated rings. The summed E-state index contributed by atoms with van der Waals surface area (Å²) in [6.45, 7) is 8.16. The molecule has 0 aliphatic heterocycles. The first-order valence-electron chi connectivity index (χ1n) is 6.28. The van der Waals surface area contributed by atoms with Crippen LogP contribution in [-0.2, 0) is 0 Å². The Morgan fingerprint density at radius 1 is 1.32 bits per heavy atom. The van der Waals surface area contributed by atoms with E-state index < -0.39 is 0 Å². The van der Waals surface area contributed by atoms with Crippen LogP contribution in [0.5, 0.6) is 0 Å². The standard InChI is InChI=1S/C14H19BrN4/c1-8(2)19-14(13(16)10(4)18-19)17-12-7-5-6-11(15)9(12)3/h5-8,17H,16H2,1-4H3. The van der Waals surface area contributed by atoms with Crippen LogP contribution < -0.4 is 11.1 Å². The van der Waals surface area contributed by atoms with Gasteiger partial charge < -0.3 is 11.1 Å². The van der Waals surface area contributed by atoms with Gasteiger partial charge in [0.25, 0.3) is 0 Å². The fourth-order valence-electron chi connectivity index (χ4n) is 1.93. The maximum absolute atomic E-state index is 6.12. The molecule has 0 radical (unpaired) electrons. The van der Waals surface area contributed by atoms with Gasteiger partial charge >= 0.3 is 0 Å². The van der Waals surface area contributed by atoms with Crippen molar-refractivity contribution in [3.63, 3.8) is 0 Å². The third-order valence-electron chi connectivity index (χ3n) is 3.14. The zero-order chi connectivity index (χ0) is 14.2. The van der Waals surface area contributed by atoms with Crippen LogP contribution in [0.1, 0.15) is 31.1 Å². The fraction of sp³-hybridized carbons (Fsp3) is 0.357. The summed E-state index contributed by atoms with van der Waals surface area (Å²) >= 11 is 3.54. The van der Waals surface area contributed by atoms with Crippen molar-refractivity contribution in [2.75, 3.05) is 11.1 Å². The maximum Gasteiger partial charge on any atom is 0.152 e. The Morgan fingerprint density at radius 2 is 2.00 bits per heavy atom. The molecule has 1 aromatic heterocycles. The van der Waals surface area contributed by atoms with Crippen molar-refractivity contribution in [3.05, 3.63) is 33.9 Å². The minimum Gasteiger partial charge on any atom is -0.394 e. The lowest BCUT2D eigenvalue weighted by Gasteiger charge is -2.15. The highest BCUT2D eigenvalue weighted by Crippen LogP contribution is 2.31. The van der Waals surface area contributed by atoms with Gasteiger partial charge in [0, 0.05) is 16.2 Å². The molecule has 3 N–H and O–H groups in total. The van der Waals surface area contributed by atoms with Gasteiger partial charge in [-0.2, -0.15) is 5.10 Å². The highest BCUT2D eigenvalue weighted by Gasteiger charge is 2.15. The molecule has 102 valence electrons. The summed E-state index contributed by atoms with van der Waals surface area (Å²) in [7, 11) is 0. The molecule has 0 amide bonds. The fourth-order valence-corrected chi connectivity index (χ4v) is 2.30. The van der Waals surface area contributed by atoms with Crippen molar-refractivity contribution in [2.24, 2.45) is 0 Å². The molecule has 4 nitrogen and oxygen atoms in total. The topological polar surface area (TPSA) is 55.9 Å². The average Bonchev–Trinajstić information content (AvgIpc) is 2.63. The van der Waals surface area contributed by atoms with E-state index in [0.29, 0.717) is 5.69 Å². The highest BCUT2D eigenvalue weighted by atomic mass is 79.9. The number of hydrogen-bond acceptors (Lipinski definition) is 3. The second-order valence-corrected chi connectivity index (χ2v) is 5.78. The van der Waals surface area contributed by atoms with Crippen molar-refractivity contribution in [2.45, 2.75) is 33.7 Å². The van der Waals surface area contributed by atoms with Gasteiger partial charge in [-0.25, -0.2) is 4.68 Å². The normalized spacial score (nSPS) is 11.1. The van der Waals surface area contributed by atoms with E-state index in [4.69, 9.17) is 5.73 Å². The first-order valence-corrected chi connectivity index (χ1v) is 7.07. The average molecular weight is 323 g/mol. The molecular formula is C14H19BrN4.